The Morgan fingerprint density at radius 2 is 1.65 bits per heavy atom. The minimum absolute atomic E-state index is 0.428. The van der Waals surface area contributed by atoms with Crippen molar-refractivity contribution in [2.45, 2.75) is 9.79 Å². The number of nitrogens with zero attached hydrogens (tertiary/aromatic N) is 1. The first kappa shape index (κ1) is 13.4. The first-order chi connectivity index (χ1) is 9.56. The third kappa shape index (κ3) is 2.27. The summed E-state index contributed by atoms with van der Waals surface area (Å²) >= 11 is 5.00. The van der Waals surface area contributed by atoms with E-state index in [1.807, 2.05) is 36.4 Å². The van der Waals surface area contributed by atoms with Gasteiger partial charge in [0.1, 0.15) is 0 Å². The molecule has 20 heavy (non-hydrogen) atoms. The number of rotatable bonds is 2. The van der Waals surface area contributed by atoms with Crippen LogP contribution in [0.4, 0.5) is 5.69 Å². The number of ketones is 1. The van der Waals surface area contributed by atoms with Gasteiger partial charge in [0.25, 0.3) is 11.7 Å². The fraction of sp³-hybridized carbons (Fsp3) is 0.0667. The maximum Gasteiger partial charge on any atom is 0.299 e. The van der Waals surface area contributed by atoms with Crippen molar-refractivity contribution in [1.29, 1.82) is 0 Å². The van der Waals surface area contributed by atoms with Gasteiger partial charge in [-0.05, 0) is 42.5 Å². The molecule has 0 saturated heterocycles. The quantitative estimate of drug-likeness (QED) is 0.776. The van der Waals surface area contributed by atoms with Crippen LogP contribution >= 0.6 is 27.7 Å². The molecule has 0 fully saturated rings. The molecule has 100 valence electrons. The van der Waals surface area contributed by atoms with Crippen molar-refractivity contribution in [3.05, 3.63) is 52.5 Å². The van der Waals surface area contributed by atoms with Crippen molar-refractivity contribution >= 4 is 45.1 Å². The second kappa shape index (κ2) is 5.07. The summed E-state index contributed by atoms with van der Waals surface area (Å²) in [5.41, 5.74) is 1.17. The molecule has 3 rings (SSSR count). The summed E-state index contributed by atoms with van der Waals surface area (Å²) in [5.74, 6) is -0.895. The van der Waals surface area contributed by atoms with Crippen LogP contribution in [-0.2, 0) is 4.79 Å². The third-order valence-corrected chi connectivity index (χ3v) is 4.65. The molecule has 0 aliphatic carbocycles. The van der Waals surface area contributed by atoms with Crippen LogP contribution in [0.3, 0.4) is 0 Å². The second-order valence-corrected chi connectivity index (χ2v) is 6.49. The van der Waals surface area contributed by atoms with E-state index in [1.165, 1.54) is 4.90 Å². The molecule has 0 radical (unpaired) electrons. The number of amides is 1. The standard InChI is InChI=1S/C15H10BrNO2S/c1-17-13-8-11(6-7-12(13)14(18)15(17)19)20-10-4-2-9(16)3-5-10/h2-8H,1H3. The number of benzene rings is 2. The van der Waals surface area contributed by atoms with Crippen LogP contribution in [-0.4, -0.2) is 18.7 Å². The van der Waals surface area contributed by atoms with Gasteiger partial charge in [0.05, 0.1) is 11.3 Å². The van der Waals surface area contributed by atoms with E-state index in [0.717, 1.165) is 14.3 Å². The summed E-state index contributed by atoms with van der Waals surface area (Å²) in [5, 5.41) is 0. The molecule has 5 heteroatoms. The van der Waals surface area contributed by atoms with E-state index < -0.39 is 11.7 Å². The lowest BCUT2D eigenvalue weighted by atomic mass is 10.1. The highest BCUT2D eigenvalue weighted by molar-refractivity contribution is 9.10. The van der Waals surface area contributed by atoms with Gasteiger partial charge >= 0.3 is 0 Å². The lowest BCUT2D eigenvalue weighted by Gasteiger charge is -2.10. The zero-order valence-corrected chi connectivity index (χ0v) is 13.0. The summed E-state index contributed by atoms with van der Waals surface area (Å²) in [7, 11) is 1.63. The van der Waals surface area contributed by atoms with Crippen LogP contribution in [0.1, 0.15) is 10.4 Å². The number of fused-ring (bicyclic) bond motifs is 1. The number of likely N-dealkylation sites (N-methyl/N-ethyl adjacent to an activating group) is 1. The molecule has 0 N–H and O–H groups in total. The molecule has 2 aromatic rings. The fourth-order valence-corrected chi connectivity index (χ4v) is 3.18. The van der Waals surface area contributed by atoms with Gasteiger partial charge in [-0.3, -0.25) is 9.59 Å². The number of carbonyl (C=O) groups is 2. The van der Waals surface area contributed by atoms with Gasteiger partial charge in [0, 0.05) is 21.3 Å². The lowest BCUT2D eigenvalue weighted by Crippen LogP contribution is -2.24. The minimum Gasteiger partial charge on any atom is -0.308 e. The Kier molecular flexibility index (Phi) is 3.40. The van der Waals surface area contributed by atoms with E-state index in [4.69, 9.17) is 0 Å². The van der Waals surface area contributed by atoms with E-state index >= 15 is 0 Å². The highest BCUT2D eigenvalue weighted by Crippen LogP contribution is 2.35. The third-order valence-electron chi connectivity index (χ3n) is 3.12. The summed E-state index contributed by atoms with van der Waals surface area (Å²) in [6.45, 7) is 0. The van der Waals surface area contributed by atoms with Crippen molar-refractivity contribution in [2.75, 3.05) is 11.9 Å². The number of Topliss-reactive ketones (excluding diaryl/α,β-unsaturated/α-hetero) is 1. The van der Waals surface area contributed by atoms with E-state index in [-0.39, 0.29) is 0 Å². The molecule has 0 saturated carbocycles. The first-order valence-electron chi connectivity index (χ1n) is 5.96. The van der Waals surface area contributed by atoms with Crippen LogP contribution in [0.25, 0.3) is 0 Å². The van der Waals surface area contributed by atoms with Gasteiger partial charge in [-0.1, -0.05) is 27.7 Å². The Bertz CT molecular complexity index is 712. The number of anilines is 1. The number of carbonyl (C=O) groups excluding carboxylic acids is 2. The Labute approximate surface area is 129 Å². The number of hydrogen-bond acceptors (Lipinski definition) is 3. The van der Waals surface area contributed by atoms with E-state index in [0.29, 0.717) is 11.3 Å². The smallest absolute Gasteiger partial charge is 0.299 e. The summed E-state index contributed by atoms with van der Waals surface area (Å²) in [4.78, 5) is 26.9. The van der Waals surface area contributed by atoms with Crippen molar-refractivity contribution in [3.8, 4) is 0 Å². The molecule has 1 aliphatic heterocycles. The molecule has 0 spiro atoms. The maximum absolute atomic E-state index is 11.7. The van der Waals surface area contributed by atoms with Crippen LogP contribution in [0.2, 0.25) is 0 Å². The van der Waals surface area contributed by atoms with Crippen molar-refractivity contribution in [1.82, 2.24) is 0 Å². The van der Waals surface area contributed by atoms with Gasteiger partial charge in [0.15, 0.2) is 0 Å². The monoisotopic (exact) mass is 347 g/mol. The molecule has 1 heterocycles. The van der Waals surface area contributed by atoms with Crippen molar-refractivity contribution < 1.29 is 9.59 Å². The van der Waals surface area contributed by atoms with Gasteiger partial charge in [-0.15, -0.1) is 0 Å². The Balaban J connectivity index is 1.92. The maximum atomic E-state index is 11.7. The Hall–Kier alpha value is -1.59. The topological polar surface area (TPSA) is 37.4 Å². The highest BCUT2D eigenvalue weighted by Gasteiger charge is 2.33. The fourth-order valence-electron chi connectivity index (χ4n) is 2.06. The lowest BCUT2D eigenvalue weighted by molar-refractivity contribution is -0.114. The predicted octanol–water partition coefficient (Wildman–Crippen LogP) is 3.76. The van der Waals surface area contributed by atoms with Gasteiger partial charge in [0.2, 0.25) is 0 Å². The molecule has 0 aromatic heterocycles. The molecular weight excluding hydrogens is 338 g/mol. The number of halogens is 1. The average Bonchev–Trinajstić information content (AvgIpc) is 2.66. The number of hydrogen-bond donors (Lipinski definition) is 0. The summed E-state index contributed by atoms with van der Waals surface area (Å²) < 4.78 is 1.03. The van der Waals surface area contributed by atoms with E-state index in [9.17, 15) is 9.59 Å². The SMILES string of the molecule is CN1C(=O)C(=O)c2ccc(Sc3ccc(Br)cc3)cc21. The Morgan fingerprint density at radius 1 is 1.00 bits per heavy atom. The summed E-state index contributed by atoms with van der Waals surface area (Å²) in [6, 6.07) is 13.5. The van der Waals surface area contributed by atoms with E-state index in [2.05, 4.69) is 15.9 Å². The summed E-state index contributed by atoms with van der Waals surface area (Å²) in [6.07, 6.45) is 0. The average molecular weight is 348 g/mol. The molecule has 0 bridgehead atoms. The molecular formula is C15H10BrNO2S. The van der Waals surface area contributed by atoms with Crippen molar-refractivity contribution in [3.63, 3.8) is 0 Å². The van der Waals surface area contributed by atoms with Gasteiger partial charge < -0.3 is 4.90 Å². The van der Waals surface area contributed by atoms with Gasteiger partial charge in [-0.25, -0.2) is 0 Å². The highest BCUT2D eigenvalue weighted by atomic mass is 79.9. The van der Waals surface area contributed by atoms with Crippen LogP contribution in [0, 0.1) is 0 Å². The first-order valence-corrected chi connectivity index (χ1v) is 7.57. The zero-order valence-electron chi connectivity index (χ0n) is 10.6. The molecule has 0 atom stereocenters. The molecule has 1 aliphatic rings. The molecule has 3 nitrogen and oxygen atoms in total. The molecule has 2 aromatic carbocycles. The van der Waals surface area contributed by atoms with E-state index in [1.54, 1.807) is 24.9 Å². The predicted molar refractivity (Wildman–Crippen MR) is 82.4 cm³/mol. The zero-order chi connectivity index (χ0) is 14.3. The Morgan fingerprint density at radius 3 is 2.35 bits per heavy atom. The van der Waals surface area contributed by atoms with Gasteiger partial charge in [-0.2, -0.15) is 0 Å². The largest absolute Gasteiger partial charge is 0.308 e. The normalized spacial score (nSPS) is 13.8. The second-order valence-electron chi connectivity index (χ2n) is 4.43. The van der Waals surface area contributed by atoms with Crippen molar-refractivity contribution in [2.24, 2.45) is 0 Å². The van der Waals surface area contributed by atoms with Crippen LogP contribution in [0.5, 0.6) is 0 Å². The molecule has 0 unspecified atom stereocenters. The molecule has 1 amide bonds. The minimum atomic E-state index is -0.467. The van der Waals surface area contributed by atoms with Crippen LogP contribution < -0.4 is 4.90 Å². The van der Waals surface area contributed by atoms with Crippen LogP contribution in [0.15, 0.2) is 56.7 Å².